The molecule has 1 fully saturated rings. The van der Waals surface area contributed by atoms with Crippen LogP contribution in [-0.2, 0) is 24.2 Å². The molecular weight excluding hydrogens is 456 g/mol. The molecule has 0 radical (unpaired) electrons. The Morgan fingerprint density at radius 1 is 1.26 bits per heavy atom. The Morgan fingerprint density at radius 2 is 2.00 bits per heavy atom. The Bertz CT molecular complexity index is 1080. The number of carbonyl (C=O) groups excluding carboxylic acids is 1. The predicted octanol–water partition coefficient (Wildman–Crippen LogP) is 4.93. The normalized spacial score (nSPS) is 19.1. The number of rotatable bonds is 8. The second-order valence-corrected chi connectivity index (χ2v) is 11.7. The minimum Gasteiger partial charge on any atom is -0.497 e. The lowest BCUT2D eigenvalue weighted by molar-refractivity contribution is -0.117. The van der Waals surface area contributed by atoms with Gasteiger partial charge in [0.15, 0.2) is 0 Å². The number of nitrogens with zero attached hydrogens (tertiary/aromatic N) is 3. The lowest BCUT2D eigenvalue weighted by Crippen LogP contribution is -2.48. The van der Waals surface area contributed by atoms with Crippen LogP contribution in [0.3, 0.4) is 0 Å². The van der Waals surface area contributed by atoms with E-state index >= 15 is 0 Å². The summed E-state index contributed by atoms with van der Waals surface area (Å²) in [6.45, 7) is 11.8. The molecule has 1 aliphatic heterocycles. The number of methoxy groups -OCH3 is 1. The topological polar surface area (TPSA) is 68.6 Å². The van der Waals surface area contributed by atoms with Crippen molar-refractivity contribution in [2.24, 2.45) is 11.3 Å². The molecule has 6 nitrogen and oxygen atoms in total. The van der Waals surface area contributed by atoms with E-state index in [0.717, 1.165) is 69.2 Å². The Balaban J connectivity index is 1.30. The molecule has 2 heterocycles. The molecule has 0 saturated carbocycles. The number of piperazine rings is 1. The number of hydrogen-bond donors (Lipinski definition) is 1. The van der Waals surface area contributed by atoms with Crippen molar-refractivity contribution in [3.63, 3.8) is 0 Å². The van der Waals surface area contributed by atoms with Gasteiger partial charge >= 0.3 is 0 Å². The number of hydrogen-bond acceptors (Lipinski definition) is 6. The Labute approximate surface area is 213 Å². The monoisotopic (exact) mass is 494 g/mol. The van der Waals surface area contributed by atoms with Crippen molar-refractivity contribution in [1.29, 1.82) is 5.26 Å². The molecule has 1 N–H and O–H groups in total. The first kappa shape index (κ1) is 25.7. The van der Waals surface area contributed by atoms with E-state index in [-0.39, 0.29) is 5.91 Å². The van der Waals surface area contributed by atoms with Crippen molar-refractivity contribution in [2.45, 2.75) is 53.0 Å². The van der Waals surface area contributed by atoms with E-state index in [1.165, 1.54) is 16.0 Å². The van der Waals surface area contributed by atoms with E-state index in [0.29, 0.717) is 23.4 Å². The predicted molar refractivity (Wildman–Crippen MR) is 142 cm³/mol. The van der Waals surface area contributed by atoms with Gasteiger partial charge in [-0.05, 0) is 53.9 Å². The molecule has 1 aliphatic carbocycles. The van der Waals surface area contributed by atoms with Crippen LogP contribution in [0.15, 0.2) is 24.3 Å². The summed E-state index contributed by atoms with van der Waals surface area (Å²) in [5, 5.41) is 13.7. The highest BCUT2D eigenvalue weighted by Crippen LogP contribution is 2.45. The van der Waals surface area contributed by atoms with Gasteiger partial charge in [-0.3, -0.25) is 14.6 Å². The number of thiophene rings is 1. The largest absolute Gasteiger partial charge is 0.497 e. The summed E-state index contributed by atoms with van der Waals surface area (Å²) >= 11 is 1.62. The number of ether oxygens (including phenoxy) is 1. The molecule has 188 valence electrons. The maximum Gasteiger partial charge on any atom is 0.239 e. The molecule has 2 aromatic rings. The third kappa shape index (κ3) is 6.06. The van der Waals surface area contributed by atoms with Crippen molar-refractivity contribution >= 4 is 22.2 Å². The van der Waals surface area contributed by atoms with Crippen molar-refractivity contribution in [2.75, 3.05) is 45.2 Å². The van der Waals surface area contributed by atoms with Crippen molar-refractivity contribution < 1.29 is 9.53 Å². The molecule has 4 rings (SSSR count). The summed E-state index contributed by atoms with van der Waals surface area (Å²) in [5.74, 6) is 1.49. The van der Waals surface area contributed by atoms with Crippen LogP contribution in [0.25, 0.3) is 0 Å². The summed E-state index contributed by atoms with van der Waals surface area (Å²) in [6.07, 6.45) is 4.22. The first-order valence-corrected chi connectivity index (χ1v) is 13.6. The third-order valence-electron chi connectivity index (χ3n) is 8.02. The molecule has 1 unspecified atom stereocenters. The smallest absolute Gasteiger partial charge is 0.239 e. The zero-order chi connectivity index (χ0) is 25.0. The first-order valence-electron chi connectivity index (χ1n) is 12.7. The maximum atomic E-state index is 12.9. The van der Waals surface area contributed by atoms with Gasteiger partial charge in [-0.25, -0.2) is 0 Å². The van der Waals surface area contributed by atoms with Gasteiger partial charge in [-0.2, -0.15) is 5.26 Å². The number of carbonyl (C=O) groups is 1. The third-order valence-corrected chi connectivity index (χ3v) is 9.19. The first-order chi connectivity index (χ1) is 16.8. The Kier molecular flexibility index (Phi) is 8.16. The Morgan fingerprint density at radius 3 is 2.69 bits per heavy atom. The van der Waals surface area contributed by atoms with Crippen LogP contribution in [0.2, 0.25) is 0 Å². The minimum absolute atomic E-state index is 0.0215. The fourth-order valence-corrected chi connectivity index (χ4v) is 6.55. The Hall–Kier alpha value is -2.40. The maximum absolute atomic E-state index is 12.9. The van der Waals surface area contributed by atoms with E-state index in [9.17, 15) is 10.1 Å². The standard InChI is InChI=1S/C28H38N4O2S/c1-5-28(2,3)21-9-10-23-24(17-29)27(35-25(23)16-21)30-26(33)19-32-13-11-31(12-14-32)18-20-7-6-8-22(15-20)34-4/h6-8,15,21H,5,9-14,16,18-19H2,1-4H3,(H,30,33). The van der Waals surface area contributed by atoms with E-state index in [2.05, 4.69) is 54.1 Å². The molecular formula is C28H38N4O2S. The van der Waals surface area contributed by atoms with Gasteiger partial charge in [-0.1, -0.05) is 39.3 Å². The summed E-state index contributed by atoms with van der Waals surface area (Å²) in [5.41, 5.74) is 3.40. The molecule has 1 aromatic carbocycles. The number of anilines is 1. The van der Waals surface area contributed by atoms with E-state index in [1.807, 2.05) is 12.1 Å². The van der Waals surface area contributed by atoms with Gasteiger partial charge in [0, 0.05) is 37.6 Å². The van der Waals surface area contributed by atoms with Crippen molar-refractivity contribution in [1.82, 2.24) is 9.80 Å². The molecule has 1 atom stereocenters. The second-order valence-electron chi connectivity index (χ2n) is 10.6. The van der Waals surface area contributed by atoms with Crippen LogP contribution in [-0.4, -0.2) is 55.5 Å². The van der Waals surface area contributed by atoms with Gasteiger partial charge in [0.05, 0.1) is 19.2 Å². The minimum atomic E-state index is -0.0215. The molecule has 0 bridgehead atoms. The van der Waals surface area contributed by atoms with Gasteiger partial charge in [-0.15, -0.1) is 11.3 Å². The van der Waals surface area contributed by atoms with Crippen LogP contribution in [0.1, 0.15) is 55.2 Å². The van der Waals surface area contributed by atoms with Gasteiger partial charge in [0.2, 0.25) is 5.91 Å². The number of nitrogens with one attached hydrogen (secondary N) is 1. The number of amides is 1. The lowest BCUT2D eigenvalue weighted by atomic mass is 9.69. The van der Waals surface area contributed by atoms with E-state index in [4.69, 9.17) is 4.74 Å². The molecule has 1 amide bonds. The summed E-state index contributed by atoms with van der Waals surface area (Å²) in [6, 6.07) is 10.6. The summed E-state index contributed by atoms with van der Waals surface area (Å²) in [4.78, 5) is 18.8. The van der Waals surface area contributed by atoms with Crippen LogP contribution >= 0.6 is 11.3 Å². The van der Waals surface area contributed by atoms with Gasteiger partial charge < -0.3 is 10.1 Å². The highest BCUT2D eigenvalue weighted by atomic mass is 32.1. The highest BCUT2D eigenvalue weighted by Gasteiger charge is 2.34. The van der Waals surface area contributed by atoms with Crippen molar-refractivity contribution in [3.05, 3.63) is 45.8 Å². The van der Waals surface area contributed by atoms with Crippen LogP contribution in [0, 0.1) is 22.7 Å². The summed E-state index contributed by atoms with van der Waals surface area (Å²) in [7, 11) is 1.69. The summed E-state index contributed by atoms with van der Waals surface area (Å²) < 4.78 is 5.33. The molecule has 1 aromatic heterocycles. The van der Waals surface area contributed by atoms with Crippen molar-refractivity contribution in [3.8, 4) is 11.8 Å². The van der Waals surface area contributed by atoms with Gasteiger partial charge in [0.25, 0.3) is 0 Å². The molecule has 7 heteroatoms. The lowest BCUT2D eigenvalue weighted by Gasteiger charge is -2.36. The number of benzene rings is 1. The highest BCUT2D eigenvalue weighted by molar-refractivity contribution is 7.16. The molecule has 1 saturated heterocycles. The van der Waals surface area contributed by atoms with E-state index in [1.54, 1.807) is 18.4 Å². The molecule has 35 heavy (non-hydrogen) atoms. The zero-order valence-corrected chi connectivity index (χ0v) is 22.3. The average molecular weight is 495 g/mol. The fraction of sp³-hybridized carbons (Fsp3) is 0.571. The average Bonchev–Trinajstić information content (AvgIpc) is 3.21. The van der Waals surface area contributed by atoms with Crippen LogP contribution in [0.4, 0.5) is 5.00 Å². The van der Waals surface area contributed by atoms with Crippen LogP contribution in [0.5, 0.6) is 5.75 Å². The molecule has 0 spiro atoms. The number of nitriles is 1. The van der Waals surface area contributed by atoms with E-state index < -0.39 is 0 Å². The quantitative estimate of drug-likeness (QED) is 0.564. The molecule has 2 aliphatic rings. The van der Waals surface area contributed by atoms with Gasteiger partial charge in [0.1, 0.15) is 16.8 Å². The van der Waals surface area contributed by atoms with Crippen LogP contribution < -0.4 is 10.1 Å². The SMILES string of the molecule is CCC(C)(C)C1CCc2c(sc(NC(=O)CN3CCN(Cc4cccc(OC)c4)CC3)c2C#N)C1. The fourth-order valence-electron chi connectivity index (χ4n) is 5.25. The zero-order valence-electron chi connectivity index (χ0n) is 21.5. The number of fused-ring (bicyclic) bond motifs is 1. The second kappa shape index (κ2) is 11.1.